The zero-order valence-electron chi connectivity index (χ0n) is 20.8. The zero-order chi connectivity index (χ0) is 27.2. The minimum Gasteiger partial charge on any atom is -0.465 e. The van der Waals surface area contributed by atoms with E-state index in [2.05, 4.69) is 30.3 Å². The molecule has 4 rings (SSSR count). The van der Waals surface area contributed by atoms with Gasteiger partial charge in [0.25, 0.3) is 5.91 Å². The van der Waals surface area contributed by atoms with Gasteiger partial charge in [-0.1, -0.05) is 10.5 Å². The van der Waals surface area contributed by atoms with Gasteiger partial charge in [0.1, 0.15) is 40.5 Å². The molecular weight excluding hydrogens is 501 g/mol. The number of nitriles is 1. The molecule has 3 atom stereocenters. The van der Waals surface area contributed by atoms with Crippen molar-refractivity contribution in [2.24, 2.45) is 4.99 Å². The van der Waals surface area contributed by atoms with Crippen LogP contribution in [0, 0.1) is 24.1 Å². The van der Waals surface area contributed by atoms with Gasteiger partial charge in [0.15, 0.2) is 0 Å². The Bertz CT molecular complexity index is 1360. The maximum absolute atomic E-state index is 15.4. The number of amidine groups is 1. The number of rotatable bonds is 3. The maximum atomic E-state index is 15.4. The molecule has 2 amide bonds. The number of fused-ring (bicyclic) bond motifs is 1. The van der Waals surface area contributed by atoms with Crippen molar-refractivity contribution in [3.05, 3.63) is 52.7 Å². The SMILES string of the molecule is Cc1cc(C#N)cnc1C(=O)Nc1ccc(F)c([C@@]2(C)N=C(NC(=O)O)C(C)(C)[S@]3(O)NCCC[C@H]23)n1. The van der Waals surface area contributed by atoms with Crippen molar-refractivity contribution in [2.45, 2.75) is 56.1 Å². The van der Waals surface area contributed by atoms with Gasteiger partial charge in [-0.05, 0) is 64.3 Å². The Kier molecular flexibility index (Phi) is 6.70. The van der Waals surface area contributed by atoms with Crippen LogP contribution in [0.5, 0.6) is 0 Å². The Balaban J connectivity index is 1.79. The number of carbonyl (C=O) groups is 2. The molecule has 0 spiro atoms. The summed E-state index contributed by atoms with van der Waals surface area (Å²) in [6.45, 7) is 7.18. The van der Waals surface area contributed by atoms with Crippen molar-refractivity contribution >= 4 is 34.1 Å². The minimum absolute atomic E-state index is 0.00121. The van der Waals surface area contributed by atoms with Gasteiger partial charge in [-0.3, -0.25) is 19.8 Å². The molecule has 37 heavy (non-hydrogen) atoms. The molecule has 1 fully saturated rings. The van der Waals surface area contributed by atoms with E-state index in [9.17, 15) is 19.2 Å². The van der Waals surface area contributed by atoms with Crippen LogP contribution in [0.25, 0.3) is 0 Å². The summed E-state index contributed by atoms with van der Waals surface area (Å²) >= 11 is 0. The van der Waals surface area contributed by atoms with E-state index in [1.165, 1.54) is 18.3 Å². The molecule has 0 saturated carbocycles. The van der Waals surface area contributed by atoms with Gasteiger partial charge in [-0.2, -0.15) is 5.26 Å². The van der Waals surface area contributed by atoms with Crippen LogP contribution in [0.1, 0.15) is 60.9 Å². The summed E-state index contributed by atoms with van der Waals surface area (Å²) in [5, 5.41) is 22.8. The first-order chi connectivity index (χ1) is 17.3. The highest BCUT2D eigenvalue weighted by atomic mass is 32.3. The van der Waals surface area contributed by atoms with E-state index in [1.54, 1.807) is 27.7 Å². The number of anilines is 1. The molecule has 2 aromatic rings. The van der Waals surface area contributed by atoms with Crippen LogP contribution in [-0.4, -0.2) is 54.0 Å². The monoisotopic (exact) mass is 529 g/mol. The van der Waals surface area contributed by atoms with Crippen LogP contribution in [0.3, 0.4) is 0 Å². The second kappa shape index (κ2) is 9.37. The van der Waals surface area contributed by atoms with Crippen LogP contribution in [0.4, 0.5) is 15.0 Å². The molecule has 0 unspecified atom stereocenters. The van der Waals surface area contributed by atoms with E-state index in [4.69, 9.17) is 5.26 Å². The van der Waals surface area contributed by atoms with Crippen LogP contribution in [0.2, 0.25) is 0 Å². The Hall–Kier alpha value is -3.60. The lowest BCUT2D eigenvalue weighted by Crippen LogP contribution is -2.63. The van der Waals surface area contributed by atoms with E-state index in [1.807, 2.05) is 6.07 Å². The predicted molar refractivity (Wildman–Crippen MR) is 137 cm³/mol. The predicted octanol–water partition coefficient (Wildman–Crippen LogP) is 3.67. The second-order valence-corrected chi connectivity index (χ2v) is 12.8. The zero-order valence-corrected chi connectivity index (χ0v) is 21.6. The molecule has 0 radical (unpaired) electrons. The van der Waals surface area contributed by atoms with Gasteiger partial charge in [0.2, 0.25) is 0 Å². The second-order valence-electron chi connectivity index (χ2n) is 9.68. The first kappa shape index (κ1) is 26.5. The van der Waals surface area contributed by atoms with Crippen LogP contribution in [0.15, 0.2) is 29.4 Å². The highest BCUT2D eigenvalue weighted by Crippen LogP contribution is 2.66. The van der Waals surface area contributed by atoms with Crippen molar-refractivity contribution in [3.63, 3.8) is 0 Å². The summed E-state index contributed by atoms with van der Waals surface area (Å²) in [7, 11) is -2.76. The van der Waals surface area contributed by atoms with E-state index in [0.29, 0.717) is 30.5 Å². The largest absolute Gasteiger partial charge is 0.465 e. The minimum atomic E-state index is -2.76. The van der Waals surface area contributed by atoms with Gasteiger partial charge in [0, 0.05) is 12.7 Å². The van der Waals surface area contributed by atoms with Gasteiger partial charge in [-0.15, -0.1) is 0 Å². The van der Waals surface area contributed by atoms with Crippen molar-refractivity contribution in [1.29, 1.82) is 5.26 Å². The summed E-state index contributed by atoms with van der Waals surface area (Å²) in [5.74, 6) is -1.28. The summed E-state index contributed by atoms with van der Waals surface area (Å²) in [4.78, 5) is 37.5. The standard InChI is InChI=1S/C24H28FN7O4S/c1-13-10-14(11-26)12-27-18(13)20(33)30-17-8-7-15(25)19(29-17)24(4)16-6-5-9-28-37(16,36)23(2,3)21(32-24)31-22(34)35/h7-8,10,12,16,28,36H,5-6,9H2,1-4H3,(H,31,32)(H,34,35)(H,29,30,33)/t16-,24+/m1/s1. The number of aromatic nitrogens is 2. The van der Waals surface area contributed by atoms with Crippen molar-refractivity contribution in [2.75, 3.05) is 11.9 Å². The van der Waals surface area contributed by atoms with Crippen molar-refractivity contribution in [3.8, 4) is 6.07 Å². The normalized spacial score (nSPS) is 26.3. The lowest BCUT2D eigenvalue weighted by Gasteiger charge is -2.61. The lowest BCUT2D eigenvalue weighted by atomic mass is 9.88. The number of halogens is 1. The molecule has 2 aromatic heterocycles. The summed E-state index contributed by atoms with van der Waals surface area (Å²) in [6.07, 6.45) is 1.13. The average molecular weight is 530 g/mol. The highest BCUT2D eigenvalue weighted by Gasteiger charge is 2.61. The third-order valence-corrected chi connectivity index (χ3v) is 10.8. The van der Waals surface area contributed by atoms with Crippen LogP contribution >= 0.6 is 10.5 Å². The van der Waals surface area contributed by atoms with Gasteiger partial charge >= 0.3 is 6.09 Å². The third kappa shape index (κ3) is 4.41. The summed E-state index contributed by atoms with van der Waals surface area (Å²) < 4.78 is 29.4. The Morgan fingerprint density at radius 3 is 2.68 bits per heavy atom. The van der Waals surface area contributed by atoms with E-state index in [-0.39, 0.29) is 23.0 Å². The lowest BCUT2D eigenvalue weighted by molar-refractivity contribution is 0.102. The Morgan fingerprint density at radius 1 is 1.30 bits per heavy atom. The van der Waals surface area contributed by atoms with E-state index >= 15 is 4.39 Å². The number of carboxylic acid groups (broad SMARTS) is 1. The molecule has 0 aliphatic carbocycles. The smallest absolute Gasteiger partial charge is 0.410 e. The van der Waals surface area contributed by atoms with Gasteiger partial charge < -0.3 is 15.0 Å². The van der Waals surface area contributed by atoms with Crippen molar-refractivity contribution in [1.82, 2.24) is 20.0 Å². The molecule has 196 valence electrons. The molecule has 2 aliphatic heterocycles. The molecule has 13 heteroatoms. The fourth-order valence-electron chi connectivity index (χ4n) is 4.92. The average Bonchev–Trinajstić information content (AvgIpc) is 2.83. The molecule has 4 heterocycles. The Morgan fingerprint density at radius 2 is 2.03 bits per heavy atom. The number of aryl methyl sites for hydroxylation is 1. The molecule has 11 nitrogen and oxygen atoms in total. The number of carbonyl (C=O) groups excluding carboxylic acids is 1. The molecule has 1 saturated heterocycles. The highest BCUT2D eigenvalue weighted by molar-refractivity contribution is 8.29. The number of aliphatic imine (C=N–C) groups is 1. The fourth-order valence-corrected chi connectivity index (χ4v) is 8.38. The maximum Gasteiger partial charge on any atom is 0.410 e. The fraction of sp³-hybridized carbons (Fsp3) is 0.417. The van der Waals surface area contributed by atoms with Gasteiger partial charge in [0.05, 0.1) is 15.6 Å². The first-order valence-corrected chi connectivity index (χ1v) is 13.2. The molecule has 2 aliphatic rings. The first-order valence-electron chi connectivity index (χ1n) is 11.6. The Labute approximate surface area is 214 Å². The quantitative estimate of drug-likeness (QED) is 0.400. The number of nitrogens with zero attached hydrogens (tertiary/aromatic N) is 4. The summed E-state index contributed by atoms with van der Waals surface area (Å²) in [6, 6.07) is 5.93. The summed E-state index contributed by atoms with van der Waals surface area (Å²) in [5.41, 5.74) is -0.702. The van der Waals surface area contributed by atoms with Gasteiger partial charge in [-0.25, -0.2) is 19.2 Å². The molecule has 0 bridgehead atoms. The molecule has 0 aromatic carbocycles. The number of pyridine rings is 2. The molecular formula is C24H28FN7O4S. The van der Waals surface area contributed by atoms with E-state index in [0.717, 1.165) is 6.07 Å². The van der Waals surface area contributed by atoms with E-state index < -0.39 is 43.8 Å². The topological polar surface area (TPSA) is 173 Å². The van der Waals surface area contributed by atoms with Crippen LogP contribution < -0.4 is 15.4 Å². The number of hydrogen-bond acceptors (Lipinski definition) is 8. The van der Waals surface area contributed by atoms with Crippen LogP contribution in [-0.2, 0) is 5.54 Å². The third-order valence-electron chi connectivity index (χ3n) is 6.91. The molecule has 5 N–H and O–H groups in total. The number of hydrogen-bond donors (Lipinski definition) is 5. The number of nitrogens with one attached hydrogen (secondary N) is 3. The van der Waals surface area contributed by atoms with Crippen molar-refractivity contribution < 1.29 is 23.6 Å². The number of amides is 2.